The van der Waals surface area contributed by atoms with Crippen molar-refractivity contribution in [2.24, 2.45) is 0 Å². The van der Waals surface area contributed by atoms with E-state index in [1.807, 2.05) is 0 Å². The van der Waals surface area contributed by atoms with E-state index >= 15 is 0 Å². The zero-order valence-corrected chi connectivity index (χ0v) is 7.34. The minimum Gasteiger partial charge on any atom is -0.446 e. The zero-order valence-electron chi connectivity index (χ0n) is 7.34. The molecule has 0 aromatic carbocycles. The zero-order chi connectivity index (χ0) is 10.4. The fourth-order valence-electron chi connectivity index (χ4n) is 1.49. The molecule has 74 valence electrons. The standard InChI is InChI=1S/C9H4N2O4/c12-11(13)7-3-5-4-10-9-6(1-2-14-9)8(5)15-7/h1-4H. The molecule has 0 aliphatic rings. The van der Waals surface area contributed by atoms with Gasteiger partial charge in [0.25, 0.3) is 0 Å². The van der Waals surface area contributed by atoms with Crippen molar-refractivity contribution in [1.82, 2.24) is 4.98 Å². The van der Waals surface area contributed by atoms with Gasteiger partial charge < -0.3 is 8.83 Å². The van der Waals surface area contributed by atoms with Crippen LogP contribution in [0.25, 0.3) is 22.1 Å². The van der Waals surface area contributed by atoms with Gasteiger partial charge in [-0.3, -0.25) is 10.1 Å². The SMILES string of the molecule is O=[N+]([O-])c1cc2cnc3occc3c2o1. The topological polar surface area (TPSA) is 82.3 Å². The van der Waals surface area contributed by atoms with Gasteiger partial charge in [-0.1, -0.05) is 0 Å². The lowest BCUT2D eigenvalue weighted by atomic mass is 10.3. The van der Waals surface area contributed by atoms with Gasteiger partial charge in [-0.15, -0.1) is 0 Å². The van der Waals surface area contributed by atoms with Gasteiger partial charge in [-0.05, 0) is 6.07 Å². The Morgan fingerprint density at radius 2 is 2.33 bits per heavy atom. The van der Waals surface area contributed by atoms with Gasteiger partial charge in [0, 0.05) is 11.6 Å². The molecule has 3 aromatic rings. The number of nitrogens with zero attached hydrogens (tertiary/aromatic N) is 2. The highest BCUT2D eigenvalue weighted by Gasteiger charge is 2.16. The highest BCUT2D eigenvalue weighted by Crippen LogP contribution is 2.30. The van der Waals surface area contributed by atoms with Crippen molar-refractivity contribution in [3.05, 3.63) is 34.7 Å². The molecule has 0 saturated heterocycles. The van der Waals surface area contributed by atoms with Gasteiger partial charge in [0.15, 0.2) is 5.58 Å². The maximum absolute atomic E-state index is 10.5. The van der Waals surface area contributed by atoms with Crippen LogP contribution in [-0.4, -0.2) is 9.91 Å². The van der Waals surface area contributed by atoms with Gasteiger partial charge in [0.2, 0.25) is 5.71 Å². The predicted molar refractivity (Wildman–Crippen MR) is 50.4 cm³/mol. The second-order valence-electron chi connectivity index (χ2n) is 3.02. The largest absolute Gasteiger partial charge is 0.446 e. The van der Waals surface area contributed by atoms with E-state index in [4.69, 9.17) is 8.83 Å². The number of hydrogen-bond donors (Lipinski definition) is 0. The Morgan fingerprint density at radius 3 is 3.13 bits per heavy atom. The first-order valence-corrected chi connectivity index (χ1v) is 4.16. The fraction of sp³-hybridized carbons (Fsp3) is 0. The second kappa shape index (κ2) is 2.57. The van der Waals surface area contributed by atoms with Crippen molar-refractivity contribution < 1.29 is 13.8 Å². The lowest BCUT2D eigenvalue weighted by Gasteiger charge is -1.87. The second-order valence-corrected chi connectivity index (χ2v) is 3.02. The van der Waals surface area contributed by atoms with Crippen LogP contribution in [0.3, 0.4) is 0 Å². The normalized spacial score (nSPS) is 11.2. The number of hydrogen-bond acceptors (Lipinski definition) is 5. The van der Waals surface area contributed by atoms with E-state index < -0.39 is 4.92 Å². The molecular weight excluding hydrogens is 200 g/mol. The predicted octanol–water partition coefficient (Wildman–Crippen LogP) is 2.48. The number of rotatable bonds is 1. The lowest BCUT2D eigenvalue weighted by Crippen LogP contribution is -1.82. The summed E-state index contributed by atoms with van der Waals surface area (Å²) in [4.78, 5) is 13.9. The Kier molecular flexibility index (Phi) is 1.37. The van der Waals surface area contributed by atoms with E-state index in [1.54, 1.807) is 6.07 Å². The highest BCUT2D eigenvalue weighted by atomic mass is 16.6. The number of pyridine rings is 1. The summed E-state index contributed by atoms with van der Waals surface area (Å²) in [5.74, 6) is -0.291. The molecule has 0 aliphatic heterocycles. The summed E-state index contributed by atoms with van der Waals surface area (Å²) in [7, 11) is 0. The van der Waals surface area contributed by atoms with E-state index in [0.717, 1.165) is 0 Å². The molecular formula is C9H4N2O4. The number of nitro groups is 1. The Labute approximate surface area is 82.3 Å². The smallest absolute Gasteiger partial charge is 0.434 e. The minimum atomic E-state index is -0.577. The molecule has 3 rings (SSSR count). The lowest BCUT2D eigenvalue weighted by molar-refractivity contribution is -0.401. The van der Waals surface area contributed by atoms with E-state index in [9.17, 15) is 10.1 Å². The maximum Gasteiger partial charge on any atom is 0.434 e. The van der Waals surface area contributed by atoms with Crippen LogP contribution in [0.5, 0.6) is 0 Å². The first-order valence-electron chi connectivity index (χ1n) is 4.16. The average Bonchev–Trinajstić information content (AvgIpc) is 2.82. The quantitative estimate of drug-likeness (QED) is 0.449. The van der Waals surface area contributed by atoms with Crippen LogP contribution < -0.4 is 0 Å². The van der Waals surface area contributed by atoms with Crippen LogP contribution in [0.2, 0.25) is 0 Å². The molecule has 0 bridgehead atoms. The molecule has 6 nitrogen and oxygen atoms in total. The van der Waals surface area contributed by atoms with Crippen molar-refractivity contribution in [3.8, 4) is 0 Å². The summed E-state index contributed by atoms with van der Waals surface area (Å²) >= 11 is 0. The van der Waals surface area contributed by atoms with E-state index in [2.05, 4.69) is 4.98 Å². The molecule has 3 aromatic heterocycles. The highest BCUT2D eigenvalue weighted by molar-refractivity contribution is 6.00. The van der Waals surface area contributed by atoms with Gasteiger partial charge in [0.05, 0.1) is 17.7 Å². The van der Waals surface area contributed by atoms with Crippen LogP contribution in [-0.2, 0) is 0 Å². The van der Waals surface area contributed by atoms with Crippen molar-refractivity contribution in [3.63, 3.8) is 0 Å². The van der Waals surface area contributed by atoms with Crippen LogP contribution in [0.15, 0.2) is 33.4 Å². The first-order chi connectivity index (χ1) is 7.25. The first kappa shape index (κ1) is 7.98. The number of fused-ring (bicyclic) bond motifs is 3. The molecule has 0 saturated carbocycles. The molecule has 0 radical (unpaired) electrons. The Balaban J connectivity index is 2.46. The summed E-state index contributed by atoms with van der Waals surface area (Å²) in [6.07, 6.45) is 2.95. The summed E-state index contributed by atoms with van der Waals surface area (Å²) < 4.78 is 10.2. The average molecular weight is 204 g/mol. The molecule has 0 amide bonds. The monoisotopic (exact) mass is 204 g/mol. The molecule has 0 aliphatic carbocycles. The van der Waals surface area contributed by atoms with Gasteiger partial charge in [0.1, 0.15) is 4.92 Å². The van der Waals surface area contributed by atoms with Crippen molar-refractivity contribution in [2.75, 3.05) is 0 Å². The number of aromatic nitrogens is 1. The van der Waals surface area contributed by atoms with Gasteiger partial charge >= 0.3 is 5.88 Å². The summed E-state index contributed by atoms with van der Waals surface area (Å²) in [5.41, 5.74) is 0.840. The van der Waals surface area contributed by atoms with E-state index in [0.29, 0.717) is 22.1 Å². The van der Waals surface area contributed by atoms with Crippen LogP contribution in [0.1, 0.15) is 0 Å². The van der Waals surface area contributed by atoms with Gasteiger partial charge in [-0.25, -0.2) is 4.98 Å². The molecule has 15 heavy (non-hydrogen) atoms. The molecule has 0 unspecified atom stereocenters. The maximum atomic E-state index is 10.5. The van der Waals surface area contributed by atoms with Crippen LogP contribution >= 0.6 is 0 Å². The Bertz CT molecular complexity index is 667. The third-order valence-corrected chi connectivity index (χ3v) is 2.14. The van der Waals surface area contributed by atoms with Crippen LogP contribution in [0, 0.1) is 10.1 Å². The van der Waals surface area contributed by atoms with Crippen LogP contribution in [0.4, 0.5) is 5.88 Å². The third kappa shape index (κ3) is 1.01. The van der Waals surface area contributed by atoms with E-state index in [-0.39, 0.29) is 5.88 Å². The summed E-state index contributed by atoms with van der Waals surface area (Å²) in [6, 6.07) is 3.01. The van der Waals surface area contributed by atoms with Crippen molar-refractivity contribution in [1.29, 1.82) is 0 Å². The molecule has 3 heterocycles. The Morgan fingerprint density at radius 1 is 1.47 bits per heavy atom. The van der Waals surface area contributed by atoms with Crippen molar-refractivity contribution >= 4 is 28.0 Å². The van der Waals surface area contributed by atoms with Gasteiger partial charge in [-0.2, -0.15) is 0 Å². The third-order valence-electron chi connectivity index (χ3n) is 2.14. The Hall–Kier alpha value is -2.37. The summed E-state index contributed by atoms with van der Waals surface area (Å²) in [6.45, 7) is 0. The van der Waals surface area contributed by atoms with Crippen molar-refractivity contribution in [2.45, 2.75) is 0 Å². The summed E-state index contributed by atoms with van der Waals surface area (Å²) in [5, 5.41) is 11.7. The molecule has 6 heteroatoms. The van der Waals surface area contributed by atoms with E-state index in [1.165, 1.54) is 18.5 Å². The number of furan rings is 2. The fourth-order valence-corrected chi connectivity index (χ4v) is 1.49. The molecule has 0 atom stereocenters. The molecule has 0 spiro atoms. The minimum absolute atomic E-state index is 0.291. The molecule has 0 N–H and O–H groups in total. The molecule has 0 fully saturated rings.